The lowest BCUT2D eigenvalue weighted by Crippen LogP contribution is -2.52. The Bertz CT molecular complexity index is 804. The Morgan fingerprint density at radius 3 is 2.44 bits per heavy atom. The fourth-order valence-corrected chi connectivity index (χ4v) is 4.13. The minimum absolute atomic E-state index is 0.00758. The third-order valence-electron chi connectivity index (χ3n) is 5.57. The molecule has 2 heterocycles. The van der Waals surface area contributed by atoms with Gasteiger partial charge in [0.15, 0.2) is 0 Å². The summed E-state index contributed by atoms with van der Waals surface area (Å²) in [7, 11) is 0. The first-order chi connectivity index (χ1) is 13.2. The molecule has 2 aromatic carbocycles. The molecule has 2 aliphatic heterocycles. The highest BCUT2D eigenvalue weighted by atomic mass is 19.1. The molecule has 2 fully saturated rings. The Balaban J connectivity index is 1.57. The van der Waals surface area contributed by atoms with Crippen molar-refractivity contribution in [1.29, 1.82) is 0 Å². The van der Waals surface area contributed by atoms with Gasteiger partial charge in [-0.1, -0.05) is 36.4 Å². The van der Waals surface area contributed by atoms with E-state index in [1.54, 1.807) is 18.2 Å². The number of piperidine rings is 1. The van der Waals surface area contributed by atoms with E-state index in [-0.39, 0.29) is 11.7 Å². The van der Waals surface area contributed by atoms with E-state index in [2.05, 4.69) is 4.90 Å². The number of hydrogen-bond acceptors (Lipinski definition) is 3. The summed E-state index contributed by atoms with van der Waals surface area (Å²) in [6.45, 7) is 4.87. The van der Waals surface area contributed by atoms with Crippen LogP contribution in [-0.2, 0) is 4.74 Å². The first-order valence-electron chi connectivity index (χ1n) is 9.69. The molecular weight excluding hydrogens is 343 g/mol. The van der Waals surface area contributed by atoms with Crippen molar-refractivity contribution in [2.75, 3.05) is 39.4 Å². The summed E-state index contributed by atoms with van der Waals surface area (Å²) in [6.07, 6.45) is 2.11. The monoisotopic (exact) mass is 368 g/mol. The number of nitrogens with zero attached hydrogens (tertiary/aromatic N) is 2. The van der Waals surface area contributed by atoms with E-state index < -0.39 is 0 Å². The van der Waals surface area contributed by atoms with E-state index in [0.29, 0.717) is 22.7 Å². The fraction of sp³-hybridized carbons (Fsp3) is 0.409. The third-order valence-corrected chi connectivity index (χ3v) is 5.57. The molecule has 0 bridgehead atoms. The molecule has 0 aliphatic carbocycles. The largest absolute Gasteiger partial charge is 0.379 e. The van der Waals surface area contributed by atoms with Crippen LogP contribution < -0.4 is 0 Å². The maximum atomic E-state index is 14.3. The number of morpholine rings is 1. The molecule has 4 nitrogen and oxygen atoms in total. The van der Waals surface area contributed by atoms with Gasteiger partial charge in [-0.25, -0.2) is 4.39 Å². The number of carbonyl (C=O) groups is 1. The van der Waals surface area contributed by atoms with Crippen molar-refractivity contribution in [2.24, 2.45) is 0 Å². The zero-order valence-electron chi connectivity index (χ0n) is 15.4. The highest BCUT2D eigenvalue weighted by Crippen LogP contribution is 2.28. The molecule has 0 unspecified atom stereocenters. The first kappa shape index (κ1) is 18.1. The van der Waals surface area contributed by atoms with E-state index >= 15 is 0 Å². The summed E-state index contributed by atoms with van der Waals surface area (Å²) in [6, 6.07) is 14.4. The number of ether oxygens (including phenoxy) is 1. The summed E-state index contributed by atoms with van der Waals surface area (Å²) in [5.74, 6) is -0.311. The molecule has 0 spiro atoms. The van der Waals surface area contributed by atoms with Gasteiger partial charge in [-0.3, -0.25) is 9.69 Å². The van der Waals surface area contributed by atoms with Crippen molar-refractivity contribution in [3.05, 3.63) is 59.9 Å². The van der Waals surface area contributed by atoms with E-state index in [4.69, 9.17) is 4.74 Å². The minimum Gasteiger partial charge on any atom is -0.379 e. The Morgan fingerprint density at radius 2 is 1.67 bits per heavy atom. The van der Waals surface area contributed by atoms with Gasteiger partial charge in [0.25, 0.3) is 5.91 Å². The topological polar surface area (TPSA) is 32.8 Å². The van der Waals surface area contributed by atoms with Gasteiger partial charge in [0.2, 0.25) is 0 Å². The Kier molecular flexibility index (Phi) is 5.50. The van der Waals surface area contributed by atoms with E-state index in [1.807, 2.05) is 29.2 Å². The molecule has 0 radical (unpaired) electrons. The van der Waals surface area contributed by atoms with Gasteiger partial charge in [0.1, 0.15) is 5.82 Å². The standard InChI is InChI=1S/C22H25FN2O2/c23-21-10-4-3-8-19(21)18-7-1-2-9-20(18)22(26)25-11-5-6-17(16-25)24-12-14-27-15-13-24/h1-4,7-10,17H,5-6,11-16H2/t17-/m0/s1. The molecule has 5 heteroatoms. The molecule has 142 valence electrons. The van der Waals surface area contributed by atoms with Gasteiger partial charge >= 0.3 is 0 Å². The first-order valence-corrected chi connectivity index (χ1v) is 9.69. The molecule has 2 aromatic rings. The number of amides is 1. The van der Waals surface area contributed by atoms with Gasteiger partial charge < -0.3 is 9.64 Å². The van der Waals surface area contributed by atoms with Crippen LogP contribution in [0.2, 0.25) is 0 Å². The molecule has 0 aromatic heterocycles. The number of benzene rings is 2. The highest BCUT2D eigenvalue weighted by Gasteiger charge is 2.30. The molecule has 4 rings (SSSR count). The van der Waals surface area contributed by atoms with Crippen LogP contribution in [0.3, 0.4) is 0 Å². The summed E-state index contributed by atoms with van der Waals surface area (Å²) < 4.78 is 19.8. The van der Waals surface area contributed by atoms with E-state index in [0.717, 1.165) is 52.2 Å². The molecule has 0 saturated carbocycles. The molecule has 1 atom stereocenters. The Hall–Kier alpha value is -2.24. The number of halogens is 1. The summed E-state index contributed by atoms with van der Waals surface area (Å²) in [5, 5.41) is 0. The van der Waals surface area contributed by atoms with Crippen LogP contribution in [0.15, 0.2) is 48.5 Å². The van der Waals surface area contributed by atoms with Gasteiger partial charge in [-0.2, -0.15) is 0 Å². The Morgan fingerprint density at radius 1 is 0.963 bits per heavy atom. The van der Waals surface area contributed by atoms with Crippen molar-refractivity contribution < 1.29 is 13.9 Å². The number of likely N-dealkylation sites (tertiary alicyclic amines) is 1. The van der Waals surface area contributed by atoms with Gasteiger partial charge in [-0.15, -0.1) is 0 Å². The van der Waals surface area contributed by atoms with Gasteiger partial charge in [0.05, 0.1) is 13.2 Å². The maximum Gasteiger partial charge on any atom is 0.254 e. The van der Waals surface area contributed by atoms with Crippen molar-refractivity contribution in [3.63, 3.8) is 0 Å². The number of hydrogen-bond donors (Lipinski definition) is 0. The molecule has 2 saturated heterocycles. The van der Waals surface area contributed by atoms with Crippen LogP contribution in [0.5, 0.6) is 0 Å². The zero-order valence-corrected chi connectivity index (χ0v) is 15.4. The summed E-state index contributed by atoms with van der Waals surface area (Å²) >= 11 is 0. The van der Waals surface area contributed by atoms with Crippen LogP contribution in [0.25, 0.3) is 11.1 Å². The fourth-order valence-electron chi connectivity index (χ4n) is 4.13. The van der Waals surface area contributed by atoms with Crippen LogP contribution in [-0.4, -0.2) is 61.1 Å². The average Bonchev–Trinajstić information content (AvgIpc) is 2.74. The van der Waals surface area contributed by atoms with Crippen LogP contribution in [0.4, 0.5) is 4.39 Å². The number of carbonyl (C=O) groups excluding carboxylic acids is 1. The molecule has 2 aliphatic rings. The van der Waals surface area contributed by atoms with E-state index in [9.17, 15) is 9.18 Å². The zero-order chi connectivity index (χ0) is 18.6. The van der Waals surface area contributed by atoms with Crippen LogP contribution >= 0.6 is 0 Å². The maximum absolute atomic E-state index is 14.3. The SMILES string of the molecule is O=C(c1ccccc1-c1ccccc1F)N1CCC[C@H](N2CCOCC2)C1. The van der Waals surface area contributed by atoms with Crippen molar-refractivity contribution in [1.82, 2.24) is 9.80 Å². The highest BCUT2D eigenvalue weighted by molar-refractivity contribution is 6.01. The summed E-state index contributed by atoms with van der Waals surface area (Å²) in [4.78, 5) is 17.7. The minimum atomic E-state index is -0.303. The third kappa shape index (κ3) is 3.89. The van der Waals surface area contributed by atoms with Gasteiger partial charge in [0, 0.05) is 43.3 Å². The second-order valence-corrected chi connectivity index (χ2v) is 7.22. The predicted molar refractivity (Wildman–Crippen MR) is 103 cm³/mol. The van der Waals surface area contributed by atoms with Crippen molar-refractivity contribution in [3.8, 4) is 11.1 Å². The average molecular weight is 368 g/mol. The molecule has 27 heavy (non-hydrogen) atoms. The number of rotatable bonds is 3. The van der Waals surface area contributed by atoms with Gasteiger partial charge in [-0.05, 0) is 30.5 Å². The van der Waals surface area contributed by atoms with Crippen molar-refractivity contribution in [2.45, 2.75) is 18.9 Å². The van der Waals surface area contributed by atoms with Crippen LogP contribution in [0, 0.1) is 5.82 Å². The molecular formula is C22H25FN2O2. The lowest BCUT2D eigenvalue weighted by molar-refractivity contribution is -0.00119. The normalized spacial score (nSPS) is 21.2. The van der Waals surface area contributed by atoms with Crippen molar-refractivity contribution >= 4 is 5.91 Å². The lowest BCUT2D eigenvalue weighted by Gasteiger charge is -2.41. The second-order valence-electron chi connectivity index (χ2n) is 7.22. The van der Waals surface area contributed by atoms with E-state index in [1.165, 1.54) is 6.07 Å². The van der Waals surface area contributed by atoms with Crippen LogP contribution in [0.1, 0.15) is 23.2 Å². The Labute approximate surface area is 159 Å². The molecule has 1 amide bonds. The lowest BCUT2D eigenvalue weighted by atomic mass is 9.96. The predicted octanol–water partition coefficient (Wildman–Crippen LogP) is 3.43. The summed E-state index contributed by atoms with van der Waals surface area (Å²) in [5.41, 5.74) is 1.71. The quantitative estimate of drug-likeness (QED) is 0.832. The second kappa shape index (κ2) is 8.19. The molecule has 0 N–H and O–H groups in total. The smallest absolute Gasteiger partial charge is 0.254 e.